The molecule has 0 radical (unpaired) electrons. The third-order valence-electron chi connectivity index (χ3n) is 4.01. The Hall–Kier alpha value is -2.24. The van der Waals surface area contributed by atoms with Gasteiger partial charge in [-0.3, -0.25) is 9.78 Å². The smallest absolute Gasteiger partial charge is 0.227 e. The first-order valence-corrected chi connectivity index (χ1v) is 7.61. The van der Waals surface area contributed by atoms with Crippen molar-refractivity contribution >= 4 is 5.91 Å². The van der Waals surface area contributed by atoms with Gasteiger partial charge in [-0.2, -0.15) is 4.98 Å². The number of rotatable bonds is 3. The Morgan fingerprint density at radius 3 is 2.95 bits per heavy atom. The van der Waals surface area contributed by atoms with Crippen LogP contribution in [0.2, 0.25) is 0 Å². The molecule has 0 spiro atoms. The van der Waals surface area contributed by atoms with Crippen LogP contribution in [0.25, 0.3) is 0 Å². The second-order valence-electron chi connectivity index (χ2n) is 5.84. The molecule has 2 aromatic rings. The van der Waals surface area contributed by atoms with Gasteiger partial charge in [-0.1, -0.05) is 11.2 Å². The fraction of sp³-hybridized carbons (Fsp3) is 0.500. The summed E-state index contributed by atoms with van der Waals surface area (Å²) in [6.07, 6.45) is 4.13. The summed E-state index contributed by atoms with van der Waals surface area (Å²) >= 11 is 0. The van der Waals surface area contributed by atoms with Crippen LogP contribution in [0.15, 0.2) is 22.9 Å². The summed E-state index contributed by atoms with van der Waals surface area (Å²) in [7, 11) is 0. The summed E-state index contributed by atoms with van der Waals surface area (Å²) in [5.74, 6) is 1.60. The Kier molecular flexibility index (Phi) is 4.18. The molecule has 1 atom stereocenters. The van der Waals surface area contributed by atoms with Gasteiger partial charge in [0.05, 0.1) is 6.42 Å². The molecule has 1 fully saturated rings. The van der Waals surface area contributed by atoms with Crippen LogP contribution in [0.3, 0.4) is 0 Å². The molecule has 3 rings (SSSR count). The van der Waals surface area contributed by atoms with Crippen molar-refractivity contribution in [2.75, 3.05) is 13.1 Å². The lowest BCUT2D eigenvalue weighted by molar-refractivity contribution is -0.131. The minimum Gasteiger partial charge on any atom is -0.342 e. The Morgan fingerprint density at radius 2 is 2.27 bits per heavy atom. The average Bonchev–Trinajstić information content (AvgIpc) is 2.96. The molecule has 1 amide bonds. The second-order valence-corrected chi connectivity index (χ2v) is 5.84. The molecule has 6 nitrogen and oxygen atoms in total. The number of likely N-dealkylation sites (tertiary alicyclic amines) is 1. The molecule has 116 valence electrons. The Labute approximate surface area is 129 Å². The van der Waals surface area contributed by atoms with E-state index >= 15 is 0 Å². The maximum Gasteiger partial charge on any atom is 0.227 e. The number of aromatic nitrogens is 3. The van der Waals surface area contributed by atoms with Gasteiger partial charge in [0, 0.05) is 37.8 Å². The maximum atomic E-state index is 12.5. The van der Waals surface area contributed by atoms with Crippen LogP contribution in [0.1, 0.15) is 41.7 Å². The van der Waals surface area contributed by atoms with Crippen molar-refractivity contribution in [1.82, 2.24) is 20.0 Å². The highest BCUT2D eigenvalue weighted by Crippen LogP contribution is 2.25. The molecule has 0 aliphatic carbocycles. The van der Waals surface area contributed by atoms with E-state index in [4.69, 9.17) is 4.52 Å². The molecule has 0 bridgehead atoms. The highest BCUT2D eigenvalue weighted by molar-refractivity contribution is 5.78. The predicted molar refractivity (Wildman–Crippen MR) is 80.3 cm³/mol. The molecule has 0 unspecified atom stereocenters. The van der Waals surface area contributed by atoms with Crippen molar-refractivity contribution in [3.63, 3.8) is 0 Å². The largest absolute Gasteiger partial charge is 0.342 e. The Balaban J connectivity index is 1.63. The Bertz CT molecular complexity index is 650. The van der Waals surface area contributed by atoms with E-state index in [0.29, 0.717) is 24.7 Å². The molecule has 2 aromatic heterocycles. The normalized spacial score (nSPS) is 18.5. The third-order valence-corrected chi connectivity index (χ3v) is 4.01. The molecular weight excluding hydrogens is 280 g/mol. The summed E-state index contributed by atoms with van der Waals surface area (Å²) < 4.78 is 5.05. The number of aryl methyl sites for hydroxylation is 2. The first kappa shape index (κ1) is 14.7. The molecule has 1 aliphatic heterocycles. The highest BCUT2D eigenvalue weighted by atomic mass is 16.5. The summed E-state index contributed by atoms with van der Waals surface area (Å²) in [5, 5.41) is 3.99. The van der Waals surface area contributed by atoms with Crippen molar-refractivity contribution < 1.29 is 9.32 Å². The quantitative estimate of drug-likeness (QED) is 0.867. The van der Waals surface area contributed by atoms with Gasteiger partial charge in [0.15, 0.2) is 5.82 Å². The van der Waals surface area contributed by atoms with E-state index in [1.165, 1.54) is 0 Å². The predicted octanol–water partition coefficient (Wildman–Crippen LogP) is 2.03. The standard InChI is InChI=1S/C16H20N4O2/c1-11-5-6-13(9-17-11)8-15(21)20-7-3-4-14(10-20)16-18-12(2)22-19-16/h5-6,9,14H,3-4,7-8,10H2,1-2H3/t14-/m1/s1. The van der Waals surface area contributed by atoms with Crippen LogP contribution in [0.5, 0.6) is 0 Å². The van der Waals surface area contributed by atoms with Gasteiger partial charge in [-0.15, -0.1) is 0 Å². The van der Waals surface area contributed by atoms with Crippen molar-refractivity contribution in [1.29, 1.82) is 0 Å². The first-order valence-electron chi connectivity index (χ1n) is 7.61. The van der Waals surface area contributed by atoms with Gasteiger partial charge in [-0.05, 0) is 31.4 Å². The van der Waals surface area contributed by atoms with Crippen molar-refractivity contribution in [2.24, 2.45) is 0 Å². The molecule has 3 heterocycles. The van der Waals surface area contributed by atoms with Gasteiger partial charge in [-0.25, -0.2) is 0 Å². The van der Waals surface area contributed by atoms with E-state index in [2.05, 4.69) is 15.1 Å². The van der Waals surface area contributed by atoms with E-state index < -0.39 is 0 Å². The number of amides is 1. The number of carbonyl (C=O) groups excluding carboxylic acids is 1. The lowest BCUT2D eigenvalue weighted by Crippen LogP contribution is -2.40. The monoisotopic (exact) mass is 300 g/mol. The molecule has 0 N–H and O–H groups in total. The number of pyridine rings is 1. The van der Waals surface area contributed by atoms with E-state index in [1.54, 1.807) is 13.1 Å². The maximum absolute atomic E-state index is 12.5. The fourth-order valence-electron chi connectivity index (χ4n) is 2.78. The highest BCUT2D eigenvalue weighted by Gasteiger charge is 2.27. The third kappa shape index (κ3) is 3.32. The lowest BCUT2D eigenvalue weighted by atomic mass is 9.97. The molecular formula is C16H20N4O2. The van der Waals surface area contributed by atoms with Crippen molar-refractivity contribution in [2.45, 2.75) is 39.0 Å². The molecule has 6 heteroatoms. The van der Waals surface area contributed by atoms with Gasteiger partial charge in [0.1, 0.15) is 0 Å². The zero-order valence-electron chi connectivity index (χ0n) is 13.0. The average molecular weight is 300 g/mol. The van der Waals surface area contributed by atoms with Gasteiger partial charge in [0.2, 0.25) is 11.8 Å². The van der Waals surface area contributed by atoms with Gasteiger partial charge >= 0.3 is 0 Å². The molecule has 1 saturated heterocycles. The fourth-order valence-corrected chi connectivity index (χ4v) is 2.78. The van der Waals surface area contributed by atoms with Gasteiger partial charge < -0.3 is 9.42 Å². The van der Waals surface area contributed by atoms with E-state index in [-0.39, 0.29) is 11.8 Å². The zero-order valence-corrected chi connectivity index (χ0v) is 13.0. The van der Waals surface area contributed by atoms with Crippen LogP contribution < -0.4 is 0 Å². The van der Waals surface area contributed by atoms with E-state index in [0.717, 1.165) is 30.6 Å². The number of nitrogens with zero attached hydrogens (tertiary/aromatic N) is 4. The van der Waals surface area contributed by atoms with Gasteiger partial charge in [0.25, 0.3) is 0 Å². The molecule has 22 heavy (non-hydrogen) atoms. The topological polar surface area (TPSA) is 72.1 Å². The summed E-state index contributed by atoms with van der Waals surface area (Å²) in [6.45, 7) is 5.18. The van der Waals surface area contributed by atoms with Crippen molar-refractivity contribution in [3.05, 3.63) is 41.3 Å². The minimum atomic E-state index is 0.135. The number of hydrogen-bond acceptors (Lipinski definition) is 5. The number of carbonyl (C=O) groups is 1. The van der Waals surface area contributed by atoms with Crippen molar-refractivity contribution in [3.8, 4) is 0 Å². The van der Waals surface area contributed by atoms with E-state index in [9.17, 15) is 4.79 Å². The van der Waals surface area contributed by atoms with Crippen LogP contribution >= 0.6 is 0 Å². The number of piperidine rings is 1. The Morgan fingerprint density at radius 1 is 1.41 bits per heavy atom. The summed E-state index contributed by atoms with van der Waals surface area (Å²) in [6, 6.07) is 3.90. The first-order chi connectivity index (χ1) is 10.6. The van der Waals surface area contributed by atoms with Crippen LogP contribution in [-0.2, 0) is 11.2 Å². The molecule has 1 aliphatic rings. The zero-order chi connectivity index (χ0) is 15.5. The lowest BCUT2D eigenvalue weighted by Gasteiger charge is -2.31. The SMILES string of the molecule is Cc1ccc(CC(=O)N2CCC[C@@H](c3noc(C)n3)C2)cn1. The van der Waals surface area contributed by atoms with Crippen LogP contribution in [-0.4, -0.2) is 39.0 Å². The summed E-state index contributed by atoms with van der Waals surface area (Å²) in [5.41, 5.74) is 1.91. The molecule has 0 saturated carbocycles. The minimum absolute atomic E-state index is 0.135. The second kappa shape index (κ2) is 6.25. The van der Waals surface area contributed by atoms with E-state index in [1.807, 2.05) is 24.0 Å². The van der Waals surface area contributed by atoms with Crippen LogP contribution in [0.4, 0.5) is 0 Å². The summed E-state index contributed by atoms with van der Waals surface area (Å²) in [4.78, 5) is 22.9. The van der Waals surface area contributed by atoms with Crippen LogP contribution in [0, 0.1) is 13.8 Å². The molecule has 0 aromatic carbocycles. The number of hydrogen-bond donors (Lipinski definition) is 0.